The van der Waals surface area contributed by atoms with Crippen LogP contribution in [0.3, 0.4) is 0 Å². The molecule has 1 aromatic rings. The minimum absolute atomic E-state index is 0.207. The predicted molar refractivity (Wildman–Crippen MR) is 68.7 cm³/mol. The molecule has 0 radical (unpaired) electrons. The van der Waals surface area contributed by atoms with Gasteiger partial charge in [-0.15, -0.1) is 0 Å². The second-order valence-electron chi connectivity index (χ2n) is 5.96. The lowest BCUT2D eigenvalue weighted by Gasteiger charge is -2.52. The van der Waals surface area contributed by atoms with Crippen molar-refractivity contribution < 1.29 is 10.2 Å². The van der Waals surface area contributed by atoms with Gasteiger partial charge in [0.1, 0.15) is 0 Å². The molecule has 0 heterocycles. The zero-order valence-corrected chi connectivity index (χ0v) is 10.2. The third-order valence-corrected chi connectivity index (χ3v) is 5.23. The molecule has 0 saturated heterocycles. The van der Waals surface area contributed by atoms with E-state index in [2.05, 4.69) is 12.2 Å². The molecule has 0 aliphatic heterocycles. The molecule has 2 nitrogen and oxygen atoms in total. The first-order valence-corrected chi connectivity index (χ1v) is 6.90. The van der Waals surface area contributed by atoms with Gasteiger partial charge in [-0.1, -0.05) is 36.4 Å². The summed E-state index contributed by atoms with van der Waals surface area (Å²) in [5.74, 6) is 1.30. The van der Waals surface area contributed by atoms with Crippen LogP contribution in [-0.4, -0.2) is 10.2 Å². The highest BCUT2D eigenvalue weighted by atomic mass is 16.3. The summed E-state index contributed by atoms with van der Waals surface area (Å²) in [7, 11) is 0. The maximum atomic E-state index is 10.7. The molecule has 94 valence electrons. The fraction of sp³-hybridized carbons (Fsp3) is 0.500. The molecule has 0 aromatic heterocycles. The summed E-state index contributed by atoms with van der Waals surface area (Å²) in [6, 6.07) is 7.83. The van der Waals surface area contributed by atoms with Crippen LogP contribution in [-0.2, 0) is 0 Å². The van der Waals surface area contributed by atoms with Crippen molar-refractivity contribution >= 4 is 0 Å². The van der Waals surface area contributed by atoms with E-state index in [1.165, 1.54) is 0 Å². The van der Waals surface area contributed by atoms with Crippen LogP contribution in [0.5, 0.6) is 0 Å². The Bertz CT molecular complexity index is 463. The number of allylic oxidation sites excluding steroid dienone is 2. The quantitative estimate of drug-likeness (QED) is 0.686. The van der Waals surface area contributed by atoms with Crippen molar-refractivity contribution in [2.75, 3.05) is 0 Å². The molecule has 5 rings (SSSR count). The van der Waals surface area contributed by atoms with Crippen LogP contribution in [0.2, 0.25) is 0 Å². The van der Waals surface area contributed by atoms with Crippen molar-refractivity contribution in [2.24, 2.45) is 23.7 Å². The molecule has 6 atom stereocenters. The number of rotatable bonds is 0. The van der Waals surface area contributed by atoms with Crippen LogP contribution < -0.4 is 0 Å². The Morgan fingerprint density at radius 2 is 1.22 bits per heavy atom. The molecule has 0 amide bonds. The molecule has 2 heteroatoms. The van der Waals surface area contributed by atoms with Crippen LogP contribution in [0.1, 0.15) is 36.2 Å². The highest BCUT2D eigenvalue weighted by Crippen LogP contribution is 2.57. The predicted octanol–water partition coefficient (Wildman–Crippen LogP) is 2.60. The molecule has 2 bridgehead atoms. The van der Waals surface area contributed by atoms with Gasteiger partial charge in [-0.2, -0.15) is 0 Å². The molecular weight excluding hydrogens is 224 g/mol. The molecule has 1 aromatic carbocycles. The van der Waals surface area contributed by atoms with Gasteiger partial charge in [0, 0.05) is 11.8 Å². The van der Waals surface area contributed by atoms with E-state index in [0.29, 0.717) is 11.8 Å². The zero-order valence-electron chi connectivity index (χ0n) is 10.2. The van der Waals surface area contributed by atoms with Crippen LogP contribution in [0, 0.1) is 23.7 Å². The third-order valence-electron chi connectivity index (χ3n) is 5.23. The largest absolute Gasteiger partial charge is 0.388 e. The first-order chi connectivity index (χ1) is 8.77. The second-order valence-corrected chi connectivity index (χ2v) is 5.96. The number of benzene rings is 1. The van der Waals surface area contributed by atoms with Crippen LogP contribution >= 0.6 is 0 Å². The zero-order chi connectivity index (χ0) is 12.3. The van der Waals surface area contributed by atoms with Crippen molar-refractivity contribution in [1.82, 2.24) is 0 Å². The lowest BCUT2D eigenvalue weighted by Crippen LogP contribution is -2.46. The molecule has 0 unspecified atom stereocenters. The molecule has 4 aliphatic carbocycles. The Kier molecular flexibility index (Phi) is 2.21. The van der Waals surface area contributed by atoms with Gasteiger partial charge in [-0.25, -0.2) is 0 Å². The molecule has 1 saturated carbocycles. The summed E-state index contributed by atoms with van der Waals surface area (Å²) in [6.07, 6.45) is 6.03. The normalized spacial score (nSPS) is 44.6. The SMILES string of the molecule is O[C@@H]1c2ccccc2[C@@H](O)[C@@H]2[C@H]1[C@H]1C=C[C@H]2CC1. The van der Waals surface area contributed by atoms with Gasteiger partial charge in [-0.3, -0.25) is 0 Å². The van der Waals surface area contributed by atoms with Crippen LogP contribution in [0.25, 0.3) is 0 Å². The van der Waals surface area contributed by atoms with E-state index in [0.717, 1.165) is 24.0 Å². The van der Waals surface area contributed by atoms with Crippen LogP contribution in [0.4, 0.5) is 0 Å². The molecule has 18 heavy (non-hydrogen) atoms. The average molecular weight is 242 g/mol. The molecule has 2 N–H and O–H groups in total. The summed E-state index contributed by atoms with van der Waals surface area (Å²) in [6.45, 7) is 0. The standard InChI is InChI=1S/C16H18O2/c17-15-11-3-1-2-4-12(11)16(18)14-10-7-5-9(6-8-10)13(14)15/h1-5,7,9-10,13-18H,6,8H2/t9-,10-,13-,14+,15+,16+/m0/s1. The van der Waals surface area contributed by atoms with Crippen molar-refractivity contribution in [3.05, 3.63) is 47.5 Å². The topological polar surface area (TPSA) is 40.5 Å². The Balaban J connectivity index is 1.87. The Hall–Kier alpha value is -1.12. The van der Waals surface area contributed by atoms with E-state index in [1.807, 2.05) is 24.3 Å². The highest BCUT2D eigenvalue weighted by molar-refractivity contribution is 5.37. The summed E-state index contributed by atoms with van der Waals surface area (Å²) in [5.41, 5.74) is 1.87. The third kappa shape index (κ3) is 1.25. The summed E-state index contributed by atoms with van der Waals surface area (Å²) < 4.78 is 0. The minimum Gasteiger partial charge on any atom is -0.388 e. The lowest BCUT2D eigenvalue weighted by atomic mass is 9.55. The van der Waals surface area contributed by atoms with E-state index >= 15 is 0 Å². The summed E-state index contributed by atoms with van der Waals surface area (Å²) >= 11 is 0. The van der Waals surface area contributed by atoms with Crippen LogP contribution in [0.15, 0.2) is 36.4 Å². The van der Waals surface area contributed by atoms with Crippen molar-refractivity contribution in [3.8, 4) is 0 Å². The van der Waals surface area contributed by atoms with Crippen molar-refractivity contribution in [1.29, 1.82) is 0 Å². The van der Waals surface area contributed by atoms with Gasteiger partial charge >= 0.3 is 0 Å². The van der Waals surface area contributed by atoms with E-state index in [-0.39, 0.29) is 11.8 Å². The number of hydrogen-bond acceptors (Lipinski definition) is 2. The van der Waals surface area contributed by atoms with Crippen molar-refractivity contribution in [2.45, 2.75) is 25.0 Å². The van der Waals surface area contributed by atoms with Gasteiger partial charge in [0.05, 0.1) is 12.2 Å². The van der Waals surface area contributed by atoms with E-state index in [1.54, 1.807) is 0 Å². The first-order valence-electron chi connectivity index (χ1n) is 6.90. The molecule has 1 fully saturated rings. The minimum atomic E-state index is -0.410. The van der Waals surface area contributed by atoms with Gasteiger partial charge in [0.15, 0.2) is 0 Å². The van der Waals surface area contributed by atoms with Gasteiger partial charge in [0.25, 0.3) is 0 Å². The molecular formula is C16H18O2. The van der Waals surface area contributed by atoms with E-state index in [4.69, 9.17) is 0 Å². The highest BCUT2D eigenvalue weighted by Gasteiger charge is 2.51. The first kappa shape index (κ1) is 10.8. The maximum absolute atomic E-state index is 10.7. The fourth-order valence-electron chi connectivity index (χ4n) is 4.43. The fourth-order valence-corrected chi connectivity index (χ4v) is 4.43. The average Bonchev–Trinajstić information content (AvgIpc) is 2.45. The van der Waals surface area contributed by atoms with E-state index in [9.17, 15) is 10.2 Å². The maximum Gasteiger partial charge on any atom is 0.0831 e. The Morgan fingerprint density at radius 3 is 1.61 bits per heavy atom. The summed E-state index contributed by atoms with van der Waals surface area (Å²) in [4.78, 5) is 0. The Morgan fingerprint density at radius 1 is 0.778 bits per heavy atom. The molecule has 0 spiro atoms. The smallest absolute Gasteiger partial charge is 0.0831 e. The van der Waals surface area contributed by atoms with Crippen molar-refractivity contribution in [3.63, 3.8) is 0 Å². The van der Waals surface area contributed by atoms with Gasteiger partial charge in [0.2, 0.25) is 0 Å². The number of hydrogen-bond donors (Lipinski definition) is 2. The lowest BCUT2D eigenvalue weighted by molar-refractivity contribution is -0.0778. The van der Waals surface area contributed by atoms with Gasteiger partial charge in [-0.05, 0) is 35.8 Å². The van der Waals surface area contributed by atoms with Gasteiger partial charge < -0.3 is 10.2 Å². The Labute approximate surface area is 107 Å². The number of aliphatic hydroxyl groups excluding tert-OH is 2. The summed E-state index contributed by atoms with van der Waals surface area (Å²) in [5, 5.41) is 21.3. The number of fused-ring (bicyclic) bond motifs is 2. The monoisotopic (exact) mass is 242 g/mol. The molecule has 4 aliphatic rings. The van der Waals surface area contributed by atoms with E-state index < -0.39 is 12.2 Å². The number of aliphatic hydroxyl groups is 2. The second kappa shape index (κ2) is 3.69.